The van der Waals surface area contributed by atoms with Gasteiger partial charge in [-0.3, -0.25) is 14.7 Å². The Morgan fingerprint density at radius 1 is 1.33 bits per heavy atom. The van der Waals surface area contributed by atoms with Gasteiger partial charge in [0, 0.05) is 23.4 Å². The number of ether oxygens (including phenoxy) is 1. The zero-order valence-electron chi connectivity index (χ0n) is 19.1. The number of methoxy groups -OCH3 is 1. The molecule has 0 bridgehead atoms. The van der Waals surface area contributed by atoms with E-state index in [1.54, 1.807) is 38.0 Å². The number of anilines is 2. The number of amides is 1. The van der Waals surface area contributed by atoms with E-state index < -0.39 is 5.41 Å². The quantitative estimate of drug-likeness (QED) is 0.410. The number of aryl methyl sites for hydroxylation is 1. The normalized spacial score (nSPS) is 17.8. The molecule has 0 saturated heterocycles. The zero-order valence-corrected chi connectivity index (χ0v) is 19.9. The average molecular weight is 467 g/mol. The Morgan fingerprint density at radius 3 is 2.94 bits per heavy atom. The lowest BCUT2D eigenvalue weighted by Gasteiger charge is -2.37. The topological polar surface area (TPSA) is 105 Å². The molecule has 0 aliphatic heterocycles. The summed E-state index contributed by atoms with van der Waals surface area (Å²) in [6, 6.07) is 3.91. The van der Waals surface area contributed by atoms with E-state index in [0.29, 0.717) is 12.2 Å². The number of aromatic amines is 1. The molecular weight excluding hydrogens is 440 g/mol. The molecule has 1 unspecified atom stereocenters. The molecule has 33 heavy (non-hydrogen) atoms. The van der Waals surface area contributed by atoms with E-state index >= 15 is 0 Å². The van der Waals surface area contributed by atoms with Gasteiger partial charge in [0.2, 0.25) is 0 Å². The SMILES string of the molecule is CCC1(C(=O)N(C)OC)CCc2c(sc3ncnc(Nc4cc5cn[nH]c5cc4OC)c23)C1. The molecule has 3 aromatic heterocycles. The van der Waals surface area contributed by atoms with Crippen LogP contribution in [0.2, 0.25) is 0 Å². The number of rotatable bonds is 6. The van der Waals surface area contributed by atoms with E-state index in [9.17, 15) is 4.79 Å². The van der Waals surface area contributed by atoms with Gasteiger partial charge >= 0.3 is 0 Å². The molecule has 3 heterocycles. The summed E-state index contributed by atoms with van der Waals surface area (Å²) >= 11 is 1.64. The Kier molecular flexibility index (Phi) is 5.41. The van der Waals surface area contributed by atoms with Gasteiger partial charge in [0.05, 0.1) is 42.4 Å². The lowest BCUT2D eigenvalue weighted by molar-refractivity contribution is -0.181. The molecule has 1 aromatic carbocycles. The second-order valence-electron chi connectivity index (χ2n) is 8.34. The van der Waals surface area contributed by atoms with Crippen LogP contribution in [0.15, 0.2) is 24.7 Å². The predicted molar refractivity (Wildman–Crippen MR) is 128 cm³/mol. The maximum absolute atomic E-state index is 13.1. The van der Waals surface area contributed by atoms with Crippen LogP contribution in [-0.2, 0) is 22.5 Å². The molecule has 1 atom stereocenters. The monoisotopic (exact) mass is 466 g/mol. The fourth-order valence-electron chi connectivity index (χ4n) is 4.72. The summed E-state index contributed by atoms with van der Waals surface area (Å²) in [5.74, 6) is 1.46. The first kappa shape index (κ1) is 21.6. The number of hydroxylamine groups is 2. The molecule has 4 aromatic rings. The highest BCUT2D eigenvalue weighted by atomic mass is 32.1. The summed E-state index contributed by atoms with van der Waals surface area (Å²) in [4.78, 5) is 29.5. The second kappa shape index (κ2) is 8.27. The van der Waals surface area contributed by atoms with Crippen LogP contribution >= 0.6 is 11.3 Å². The fourth-order valence-corrected chi connectivity index (χ4v) is 6.05. The van der Waals surface area contributed by atoms with Crippen LogP contribution in [0.25, 0.3) is 21.1 Å². The van der Waals surface area contributed by atoms with Crippen molar-refractivity contribution in [1.82, 2.24) is 25.2 Å². The second-order valence-corrected chi connectivity index (χ2v) is 9.42. The summed E-state index contributed by atoms with van der Waals surface area (Å²) in [6.07, 6.45) is 6.33. The summed E-state index contributed by atoms with van der Waals surface area (Å²) in [7, 11) is 4.85. The molecule has 0 radical (unpaired) electrons. The number of aromatic nitrogens is 4. The largest absolute Gasteiger partial charge is 0.494 e. The molecule has 1 aliphatic carbocycles. The number of nitrogens with zero attached hydrogens (tertiary/aromatic N) is 4. The number of fused-ring (bicyclic) bond motifs is 4. The van der Waals surface area contributed by atoms with Crippen molar-refractivity contribution in [3.8, 4) is 5.75 Å². The number of nitrogens with one attached hydrogen (secondary N) is 2. The number of thiophene rings is 1. The van der Waals surface area contributed by atoms with Crippen molar-refractivity contribution in [2.24, 2.45) is 5.41 Å². The lowest BCUT2D eigenvalue weighted by Crippen LogP contribution is -2.44. The number of hydrogen-bond acceptors (Lipinski definition) is 8. The van der Waals surface area contributed by atoms with E-state index in [2.05, 4.69) is 32.4 Å². The van der Waals surface area contributed by atoms with Gasteiger partial charge in [-0.1, -0.05) is 6.92 Å². The number of carbonyl (C=O) groups is 1. The fraction of sp³-hybridized carbons (Fsp3) is 0.391. The average Bonchev–Trinajstić information content (AvgIpc) is 3.45. The molecular formula is C23H26N6O3S. The van der Waals surface area contributed by atoms with Gasteiger partial charge < -0.3 is 10.1 Å². The Hall–Kier alpha value is -3.24. The number of carbonyl (C=O) groups excluding carboxylic acids is 1. The summed E-state index contributed by atoms with van der Waals surface area (Å²) in [6.45, 7) is 2.07. The van der Waals surface area contributed by atoms with Gasteiger partial charge in [-0.25, -0.2) is 15.0 Å². The van der Waals surface area contributed by atoms with Crippen molar-refractivity contribution in [3.63, 3.8) is 0 Å². The molecule has 10 heteroatoms. The summed E-state index contributed by atoms with van der Waals surface area (Å²) < 4.78 is 5.60. The Bertz CT molecular complexity index is 1350. The number of benzene rings is 1. The van der Waals surface area contributed by atoms with Crippen molar-refractivity contribution in [3.05, 3.63) is 35.1 Å². The van der Waals surface area contributed by atoms with Crippen LogP contribution in [0, 0.1) is 5.41 Å². The third-order valence-corrected chi connectivity index (χ3v) is 7.87. The summed E-state index contributed by atoms with van der Waals surface area (Å²) in [5.41, 5.74) is 2.47. The molecule has 172 valence electrons. The molecule has 9 nitrogen and oxygen atoms in total. The van der Waals surface area contributed by atoms with Crippen molar-refractivity contribution >= 4 is 49.9 Å². The first-order valence-corrected chi connectivity index (χ1v) is 11.7. The molecule has 1 aliphatic rings. The number of H-pyrrole nitrogens is 1. The van der Waals surface area contributed by atoms with Crippen LogP contribution in [-0.4, -0.2) is 52.4 Å². The Balaban J connectivity index is 1.55. The first-order chi connectivity index (χ1) is 16.0. The van der Waals surface area contributed by atoms with Crippen LogP contribution in [0.3, 0.4) is 0 Å². The van der Waals surface area contributed by atoms with E-state index in [1.807, 2.05) is 12.1 Å². The maximum atomic E-state index is 13.1. The highest BCUT2D eigenvalue weighted by Gasteiger charge is 2.43. The van der Waals surface area contributed by atoms with Crippen LogP contribution in [0.4, 0.5) is 11.5 Å². The van der Waals surface area contributed by atoms with Crippen molar-refractivity contribution < 1.29 is 14.4 Å². The van der Waals surface area contributed by atoms with Crippen LogP contribution in [0.5, 0.6) is 5.75 Å². The molecule has 1 amide bonds. The minimum absolute atomic E-state index is 0.0261. The van der Waals surface area contributed by atoms with E-state index in [4.69, 9.17) is 9.57 Å². The number of hydrogen-bond donors (Lipinski definition) is 2. The van der Waals surface area contributed by atoms with Gasteiger partial charge in [-0.15, -0.1) is 11.3 Å². The Morgan fingerprint density at radius 2 is 2.18 bits per heavy atom. The molecule has 5 rings (SSSR count). The van der Waals surface area contributed by atoms with Crippen LogP contribution < -0.4 is 10.1 Å². The van der Waals surface area contributed by atoms with Crippen molar-refractivity contribution in [1.29, 1.82) is 0 Å². The minimum Gasteiger partial charge on any atom is -0.494 e. The van der Waals surface area contributed by atoms with Crippen molar-refractivity contribution in [2.45, 2.75) is 32.6 Å². The Labute approximate surface area is 195 Å². The van der Waals surface area contributed by atoms with Crippen molar-refractivity contribution in [2.75, 3.05) is 26.6 Å². The van der Waals surface area contributed by atoms with Gasteiger partial charge in [0.1, 0.15) is 22.7 Å². The molecule has 0 fully saturated rings. The third kappa shape index (κ3) is 3.50. The highest BCUT2D eigenvalue weighted by Crippen LogP contribution is 2.47. The van der Waals surface area contributed by atoms with Gasteiger partial charge in [-0.2, -0.15) is 5.10 Å². The van der Waals surface area contributed by atoms with Gasteiger partial charge in [-0.05, 0) is 37.3 Å². The standard InChI is InChI=1S/C23H26N6O3S/c1-5-23(22(30)29(2)32-4)7-6-14-18(10-23)33-21-19(14)20(24-12-25-21)27-16-8-13-11-26-28-15(13)9-17(16)31-3/h8-9,11-12H,5-7,10H2,1-4H3,(H,26,28)(H,24,25,27). The summed E-state index contributed by atoms with van der Waals surface area (Å²) in [5, 5.41) is 13.9. The zero-order chi connectivity index (χ0) is 23.2. The lowest BCUT2D eigenvalue weighted by atomic mass is 9.71. The minimum atomic E-state index is -0.463. The highest BCUT2D eigenvalue weighted by molar-refractivity contribution is 7.19. The molecule has 2 N–H and O–H groups in total. The van der Waals surface area contributed by atoms with Crippen LogP contribution in [0.1, 0.15) is 30.2 Å². The molecule has 0 spiro atoms. The smallest absolute Gasteiger partial charge is 0.252 e. The van der Waals surface area contributed by atoms with E-state index in [1.165, 1.54) is 22.6 Å². The maximum Gasteiger partial charge on any atom is 0.252 e. The van der Waals surface area contributed by atoms with Gasteiger partial charge in [0.25, 0.3) is 5.91 Å². The molecule has 0 saturated carbocycles. The van der Waals surface area contributed by atoms with Gasteiger partial charge in [0.15, 0.2) is 0 Å². The predicted octanol–water partition coefficient (Wildman–Crippen LogP) is 4.22. The van der Waals surface area contributed by atoms with E-state index in [-0.39, 0.29) is 5.91 Å². The third-order valence-electron chi connectivity index (χ3n) is 6.73. The van der Waals surface area contributed by atoms with E-state index in [0.717, 1.165) is 51.9 Å². The first-order valence-electron chi connectivity index (χ1n) is 10.9.